The van der Waals surface area contributed by atoms with Crippen LogP contribution in [0.4, 0.5) is 0 Å². The number of ether oxygens (including phenoxy) is 1. The predicted octanol–water partition coefficient (Wildman–Crippen LogP) is 2.39. The van der Waals surface area contributed by atoms with E-state index >= 15 is 0 Å². The minimum Gasteiger partial charge on any atom is -0.495 e. The third-order valence-electron chi connectivity index (χ3n) is 2.87. The lowest BCUT2D eigenvalue weighted by atomic mass is 10.2. The molecule has 0 fully saturated rings. The molecule has 1 N–H and O–H groups in total. The zero-order valence-corrected chi connectivity index (χ0v) is 11.7. The SMILES string of the molecule is COc1ccc(CNCC(C)N(C)C)cc1Cl. The monoisotopic (exact) mass is 256 g/mol. The van der Waals surface area contributed by atoms with Gasteiger partial charge in [0.2, 0.25) is 0 Å². The molecule has 0 saturated carbocycles. The standard InChI is InChI=1S/C13H21ClN2O/c1-10(16(2)3)8-15-9-11-5-6-13(17-4)12(14)7-11/h5-7,10,15H,8-9H2,1-4H3. The summed E-state index contributed by atoms with van der Waals surface area (Å²) < 4.78 is 5.12. The van der Waals surface area contributed by atoms with Gasteiger partial charge in [0, 0.05) is 19.1 Å². The fourth-order valence-electron chi connectivity index (χ4n) is 1.43. The van der Waals surface area contributed by atoms with E-state index in [9.17, 15) is 0 Å². The van der Waals surface area contributed by atoms with Gasteiger partial charge in [0.25, 0.3) is 0 Å². The maximum atomic E-state index is 6.06. The molecule has 3 nitrogen and oxygen atoms in total. The third kappa shape index (κ3) is 4.54. The number of benzene rings is 1. The Kier molecular flexibility index (Phi) is 5.75. The average molecular weight is 257 g/mol. The molecule has 1 rings (SSSR count). The summed E-state index contributed by atoms with van der Waals surface area (Å²) >= 11 is 6.06. The van der Waals surface area contributed by atoms with Gasteiger partial charge in [0.15, 0.2) is 0 Å². The van der Waals surface area contributed by atoms with E-state index in [1.165, 1.54) is 5.56 Å². The predicted molar refractivity (Wildman–Crippen MR) is 72.9 cm³/mol. The van der Waals surface area contributed by atoms with Crippen molar-refractivity contribution in [2.24, 2.45) is 0 Å². The highest BCUT2D eigenvalue weighted by atomic mass is 35.5. The van der Waals surface area contributed by atoms with Gasteiger partial charge in [0.1, 0.15) is 5.75 Å². The van der Waals surface area contributed by atoms with Crippen LogP contribution in [0.2, 0.25) is 5.02 Å². The first-order valence-electron chi connectivity index (χ1n) is 5.74. The Hall–Kier alpha value is -0.770. The molecule has 0 spiro atoms. The van der Waals surface area contributed by atoms with E-state index in [-0.39, 0.29) is 0 Å². The van der Waals surface area contributed by atoms with E-state index in [0.29, 0.717) is 11.1 Å². The highest BCUT2D eigenvalue weighted by molar-refractivity contribution is 6.32. The number of halogens is 1. The van der Waals surface area contributed by atoms with Crippen LogP contribution in [0.3, 0.4) is 0 Å². The summed E-state index contributed by atoms with van der Waals surface area (Å²) in [6.07, 6.45) is 0. The van der Waals surface area contributed by atoms with Gasteiger partial charge in [-0.1, -0.05) is 17.7 Å². The van der Waals surface area contributed by atoms with E-state index in [4.69, 9.17) is 16.3 Å². The largest absolute Gasteiger partial charge is 0.495 e. The topological polar surface area (TPSA) is 24.5 Å². The van der Waals surface area contributed by atoms with Crippen LogP contribution in [-0.2, 0) is 6.54 Å². The summed E-state index contributed by atoms with van der Waals surface area (Å²) in [7, 11) is 5.78. The van der Waals surface area contributed by atoms with Gasteiger partial charge in [-0.2, -0.15) is 0 Å². The Morgan fingerprint density at radius 3 is 2.65 bits per heavy atom. The zero-order chi connectivity index (χ0) is 12.8. The fraction of sp³-hybridized carbons (Fsp3) is 0.538. The van der Waals surface area contributed by atoms with Crippen molar-refractivity contribution in [2.45, 2.75) is 19.5 Å². The average Bonchev–Trinajstić information content (AvgIpc) is 2.29. The second kappa shape index (κ2) is 6.84. The van der Waals surface area contributed by atoms with Gasteiger partial charge in [-0.05, 0) is 38.7 Å². The smallest absolute Gasteiger partial charge is 0.137 e. The molecule has 0 bridgehead atoms. The quantitative estimate of drug-likeness (QED) is 0.846. The lowest BCUT2D eigenvalue weighted by molar-refractivity contribution is 0.302. The van der Waals surface area contributed by atoms with E-state index in [1.54, 1.807) is 7.11 Å². The van der Waals surface area contributed by atoms with E-state index in [1.807, 2.05) is 18.2 Å². The van der Waals surface area contributed by atoms with Crippen LogP contribution in [0.25, 0.3) is 0 Å². The lowest BCUT2D eigenvalue weighted by Crippen LogP contribution is -2.35. The first kappa shape index (κ1) is 14.3. The molecule has 0 saturated heterocycles. The van der Waals surface area contributed by atoms with Gasteiger partial charge < -0.3 is 15.0 Å². The van der Waals surface area contributed by atoms with Crippen molar-refractivity contribution < 1.29 is 4.74 Å². The second-order valence-corrected chi connectivity index (χ2v) is 4.82. The molecule has 1 aromatic rings. The third-order valence-corrected chi connectivity index (χ3v) is 3.16. The summed E-state index contributed by atoms with van der Waals surface area (Å²) in [5, 5.41) is 4.07. The molecule has 1 atom stereocenters. The van der Waals surface area contributed by atoms with Gasteiger partial charge in [0.05, 0.1) is 12.1 Å². The molecule has 0 aromatic heterocycles. The first-order chi connectivity index (χ1) is 8.04. The number of rotatable bonds is 6. The molecule has 0 heterocycles. The maximum absolute atomic E-state index is 6.06. The van der Waals surface area contributed by atoms with Crippen LogP contribution >= 0.6 is 11.6 Å². The molecule has 1 aromatic carbocycles. The molecule has 0 aliphatic carbocycles. The number of methoxy groups -OCH3 is 1. The normalized spacial score (nSPS) is 12.8. The number of hydrogen-bond acceptors (Lipinski definition) is 3. The zero-order valence-electron chi connectivity index (χ0n) is 11.0. The Morgan fingerprint density at radius 2 is 2.12 bits per heavy atom. The molecule has 4 heteroatoms. The van der Waals surface area contributed by atoms with Crippen LogP contribution in [0.1, 0.15) is 12.5 Å². The highest BCUT2D eigenvalue weighted by Crippen LogP contribution is 2.24. The number of nitrogens with zero attached hydrogens (tertiary/aromatic N) is 1. The molecule has 96 valence electrons. The van der Waals surface area contributed by atoms with Crippen LogP contribution in [0.15, 0.2) is 18.2 Å². The van der Waals surface area contributed by atoms with Crippen molar-refractivity contribution in [2.75, 3.05) is 27.7 Å². The Morgan fingerprint density at radius 1 is 1.41 bits per heavy atom. The maximum Gasteiger partial charge on any atom is 0.137 e. The van der Waals surface area contributed by atoms with E-state index in [0.717, 1.165) is 18.8 Å². The summed E-state index contributed by atoms with van der Waals surface area (Å²) in [6.45, 7) is 3.96. The van der Waals surface area contributed by atoms with E-state index < -0.39 is 0 Å². The fourth-order valence-corrected chi connectivity index (χ4v) is 1.71. The van der Waals surface area contributed by atoms with Gasteiger partial charge in [-0.15, -0.1) is 0 Å². The van der Waals surface area contributed by atoms with Crippen LogP contribution in [0, 0.1) is 0 Å². The van der Waals surface area contributed by atoms with Crippen molar-refractivity contribution >= 4 is 11.6 Å². The molecular weight excluding hydrogens is 236 g/mol. The Balaban J connectivity index is 2.45. The van der Waals surface area contributed by atoms with Crippen molar-refractivity contribution in [1.82, 2.24) is 10.2 Å². The molecular formula is C13H21ClN2O. The number of likely N-dealkylation sites (N-methyl/N-ethyl adjacent to an activating group) is 1. The van der Waals surface area contributed by atoms with Gasteiger partial charge >= 0.3 is 0 Å². The van der Waals surface area contributed by atoms with Crippen LogP contribution in [-0.4, -0.2) is 38.7 Å². The van der Waals surface area contributed by atoms with Gasteiger partial charge in [-0.25, -0.2) is 0 Å². The summed E-state index contributed by atoms with van der Waals surface area (Å²) in [5.41, 5.74) is 1.17. The molecule has 17 heavy (non-hydrogen) atoms. The highest BCUT2D eigenvalue weighted by Gasteiger charge is 2.04. The minimum atomic E-state index is 0.517. The molecule has 0 amide bonds. The van der Waals surface area contributed by atoms with Crippen LogP contribution in [0.5, 0.6) is 5.75 Å². The summed E-state index contributed by atoms with van der Waals surface area (Å²) in [5.74, 6) is 0.720. The molecule has 0 radical (unpaired) electrons. The molecule has 0 aliphatic heterocycles. The Labute approximate surface area is 109 Å². The number of hydrogen-bond donors (Lipinski definition) is 1. The number of nitrogens with one attached hydrogen (secondary N) is 1. The van der Waals surface area contributed by atoms with Crippen LogP contribution < -0.4 is 10.1 Å². The minimum absolute atomic E-state index is 0.517. The van der Waals surface area contributed by atoms with E-state index in [2.05, 4.69) is 31.2 Å². The Bertz CT molecular complexity index is 355. The van der Waals surface area contributed by atoms with Crippen molar-refractivity contribution in [1.29, 1.82) is 0 Å². The van der Waals surface area contributed by atoms with Gasteiger partial charge in [-0.3, -0.25) is 0 Å². The van der Waals surface area contributed by atoms with Crippen molar-refractivity contribution in [3.63, 3.8) is 0 Å². The summed E-state index contributed by atoms with van der Waals surface area (Å²) in [6, 6.07) is 6.38. The molecule has 1 unspecified atom stereocenters. The molecule has 0 aliphatic rings. The van der Waals surface area contributed by atoms with Crippen molar-refractivity contribution in [3.8, 4) is 5.75 Å². The van der Waals surface area contributed by atoms with Crippen molar-refractivity contribution in [3.05, 3.63) is 28.8 Å². The summed E-state index contributed by atoms with van der Waals surface area (Å²) in [4.78, 5) is 2.19. The lowest BCUT2D eigenvalue weighted by Gasteiger charge is -2.20. The first-order valence-corrected chi connectivity index (χ1v) is 6.12. The second-order valence-electron chi connectivity index (χ2n) is 4.41.